The van der Waals surface area contributed by atoms with Crippen LogP contribution in [0.2, 0.25) is 0 Å². The van der Waals surface area contributed by atoms with E-state index in [2.05, 4.69) is 0 Å². The molecule has 0 bridgehead atoms. The maximum Gasteiger partial charge on any atom is 0.132 e. The Balaban J connectivity index is 1.93. The summed E-state index contributed by atoms with van der Waals surface area (Å²) in [6.45, 7) is 1.69. The van der Waals surface area contributed by atoms with Gasteiger partial charge in [-0.3, -0.25) is 0 Å². The molecule has 1 unspecified atom stereocenters. The largest absolute Gasteiger partial charge is 0.388 e. The van der Waals surface area contributed by atoms with Crippen LogP contribution < -0.4 is 0 Å². The van der Waals surface area contributed by atoms with Gasteiger partial charge >= 0.3 is 0 Å². The maximum atomic E-state index is 9.85. The predicted molar refractivity (Wildman–Crippen MR) is 70.1 cm³/mol. The van der Waals surface area contributed by atoms with Crippen molar-refractivity contribution in [2.75, 3.05) is 0 Å². The standard InChI is InChI=1S/C13H18O4S/c1-8-10(14)11(15)12(16)13(17-8)18-7-9-5-3-2-4-6-9/h2-6,8,10-16H,7H2,1H3/t8-,10-,11+,12+,13?/m0/s1. The zero-order valence-corrected chi connectivity index (χ0v) is 11.0. The SMILES string of the molecule is C[C@@H]1OC(SCc2ccccc2)[C@H](O)[C@H](O)[C@H]1O. The van der Waals surface area contributed by atoms with E-state index < -0.39 is 29.9 Å². The van der Waals surface area contributed by atoms with Crippen LogP contribution in [0.3, 0.4) is 0 Å². The number of benzene rings is 1. The summed E-state index contributed by atoms with van der Waals surface area (Å²) in [5.41, 5.74) is 0.616. The summed E-state index contributed by atoms with van der Waals surface area (Å²) >= 11 is 1.42. The first-order valence-corrected chi connectivity index (χ1v) is 6.99. The fraction of sp³-hybridized carbons (Fsp3) is 0.538. The fourth-order valence-corrected chi connectivity index (χ4v) is 3.06. The Morgan fingerprint density at radius 2 is 1.72 bits per heavy atom. The molecule has 1 aromatic carbocycles. The number of thioether (sulfide) groups is 1. The van der Waals surface area contributed by atoms with Gasteiger partial charge in [-0.2, -0.15) is 0 Å². The normalized spacial score (nSPS) is 36.6. The van der Waals surface area contributed by atoms with Crippen LogP contribution in [0.4, 0.5) is 0 Å². The highest BCUT2D eigenvalue weighted by atomic mass is 32.2. The van der Waals surface area contributed by atoms with Crippen LogP contribution in [0.15, 0.2) is 30.3 Å². The third-order valence-electron chi connectivity index (χ3n) is 3.07. The molecular weight excluding hydrogens is 252 g/mol. The molecule has 1 aliphatic heterocycles. The smallest absolute Gasteiger partial charge is 0.132 e. The molecule has 1 heterocycles. The number of aliphatic hydroxyl groups is 3. The van der Waals surface area contributed by atoms with Crippen molar-refractivity contribution >= 4 is 11.8 Å². The lowest BCUT2D eigenvalue weighted by Crippen LogP contribution is -2.55. The molecule has 0 aromatic heterocycles. The van der Waals surface area contributed by atoms with Crippen molar-refractivity contribution < 1.29 is 20.1 Å². The summed E-state index contributed by atoms with van der Waals surface area (Å²) in [6.07, 6.45) is -3.72. The van der Waals surface area contributed by atoms with Gasteiger partial charge in [-0.25, -0.2) is 0 Å². The number of rotatable bonds is 3. The second kappa shape index (κ2) is 6.04. The molecule has 1 saturated heterocycles. The monoisotopic (exact) mass is 270 g/mol. The molecule has 0 saturated carbocycles. The van der Waals surface area contributed by atoms with E-state index in [0.717, 1.165) is 5.56 Å². The Morgan fingerprint density at radius 1 is 1.06 bits per heavy atom. The van der Waals surface area contributed by atoms with E-state index in [-0.39, 0.29) is 0 Å². The number of hydrogen-bond donors (Lipinski definition) is 3. The van der Waals surface area contributed by atoms with Gasteiger partial charge in [0.05, 0.1) is 6.10 Å². The Kier molecular flexibility index (Phi) is 4.64. The molecule has 1 fully saturated rings. The first-order chi connectivity index (χ1) is 8.59. The molecule has 18 heavy (non-hydrogen) atoms. The van der Waals surface area contributed by atoms with Gasteiger partial charge in [-0.1, -0.05) is 30.3 Å². The molecule has 4 nitrogen and oxygen atoms in total. The van der Waals surface area contributed by atoms with Crippen LogP contribution in [0.1, 0.15) is 12.5 Å². The van der Waals surface area contributed by atoms with Crippen LogP contribution in [-0.2, 0) is 10.5 Å². The van der Waals surface area contributed by atoms with E-state index in [1.807, 2.05) is 30.3 Å². The van der Waals surface area contributed by atoms with Gasteiger partial charge in [0.25, 0.3) is 0 Å². The van der Waals surface area contributed by atoms with Crippen molar-refractivity contribution in [3.8, 4) is 0 Å². The molecule has 100 valence electrons. The van der Waals surface area contributed by atoms with Crippen molar-refractivity contribution in [3.05, 3.63) is 35.9 Å². The minimum atomic E-state index is -1.15. The van der Waals surface area contributed by atoms with E-state index in [1.54, 1.807) is 6.92 Å². The Labute approximate surface area is 111 Å². The summed E-state index contributed by atoms with van der Waals surface area (Å²) in [5, 5.41) is 29.1. The molecule has 3 N–H and O–H groups in total. The van der Waals surface area contributed by atoms with Crippen molar-refractivity contribution in [3.63, 3.8) is 0 Å². The second-order valence-electron chi connectivity index (χ2n) is 4.48. The zero-order valence-electron chi connectivity index (χ0n) is 10.1. The summed E-state index contributed by atoms with van der Waals surface area (Å²) in [6, 6.07) is 9.85. The van der Waals surface area contributed by atoms with Crippen LogP contribution in [0.25, 0.3) is 0 Å². The van der Waals surface area contributed by atoms with Crippen LogP contribution >= 0.6 is 11.8 Å². The van der Waals surface area contributed by atoms with E-state index in [4.69, 9.17) is 4.74 Å². The maximum absolute atomic E-state index is 9.85. The summed E-state index contributed by atoms with van der Waals surface area (Å²) < 4.78 is 5.51. The zero-order chi connectivity index (χ0) is 13.1. The molecule has 5 heteroatoms. The first kappa shape index (κ1) is 13.8. The second-order valence-corrected chi connectivity index (χ2v) is 5.56. The van der Waals surface area contributed by atoms with E-state index in [0.29, 0.717) is 5.75 Å². The van der Waals surface area contributed by atoms with Crippen molar-refractivity contribution in [2.45, 2.75) is 42.5 Å². The van der Waals surface area contributed by atoms with Crippen molar-refractivity contribution in [1.29, 1.82) is 0 Å². The fourth-order valence-electron chi connectivity index (χ4n) is 1.90. The van der Waals surface area contributed by atoms with E-state index in [9.17, 15) is 15.3 Å². The summed E-state index contributed by atoms with van der Waals surface area (Å²) in [7, 11) is 0. The molecule has 0 amide bonds. The predicted octanol–water partition coefficient (Wildman–Crippen LogP) is 0.747. The molecule has 0 radical (unpaired) electrons. The van der Waals surface area contributed by atoms with Gasteiger partial charge in [0.15, 0.2) is 0 Å². The third-order valence-corrected chi connectivity index (χ3v) is 4.28. The van der Waals surface area contributed by atoms with E-state index in [1.165, 1.54) is 11.8 Å². The van der Waals surface area contributed by atoms with Gasteiger partial charge < -0.3 is 20.1 Å². The molecule has 1 aromatic rings. The number of aliphatic hydroxyl groups excluding tert-OH is 3. The minimum Gasteiger partial charge on any atom is -0.388 e. The van der Waals surface area contributed by atoms with Crippen molar-refractivity contribution in [2.24, 2.45) is 0 Å². The Hall–Kier alpha value is -0.590. The number of hydrogen-bond acceptors (Lipinski definition) is 5. The van der Waals surface area contributed by atoms with E-state index >= 15 is 0 Å². The highest BCUT2D eigenvalue weighted by molar-refractivity contribution is 7.99. The lowest BCUT2D eigenvalue weighted by molar-refractivity contribution is -0.192. The van der Waals surface area contributed by atoms with Crippen LogP contribution in [0.5, 0.6) is 0 Å². The average molecular weight is 270 g/mol. The van der Waals surface area contributed by atoms with Gasteiger partial charge in [-0.05, 0) is 12.5 Å². The topological polar surface area (TPSA) is 69.9 Å². The quantitative estimate of drug-likeness (QED) is 0.756. The number of ether oxygens (including phenoxy) is 1. The highest BCUT2D eigenvalue weighted by Crippen LogP contribution is 2.30. The highest BCUT2D eigenvalue weighted by Gasteiger charge is 2.41. The minimum absolute atomic E-state index is 0.475. The molecule has 5 atom stereocenters. The van der Waals surface area contributed by atoms with Crippen LogP contribution in [-0.4, -0.2) is 45.2 Å². The Bertz CT molecular complexity index is 373. The van der Waals surface area contributed by atoms with Crippen molar-refractivity contribution in [1.82, 2.24) is 0 Å². The molecule has 0 aliphatic carbocycles. The first-order valence-electron chi connectivity index (χ1n) is 5.95. The summed E-state index contributed by atoms with van der Waals surface area (Å²) in [5.74, 6) is 0.693. The van der Waals surface area contributed by atoms with Gasteiger partial charge in [0, 0.05) is 5.75 Å². The lowest BCUT2D eigenvalue weighted by Gasteiger charge is -2.39. The summed E-state index contributed by atoms with van der Waals surface area (Å²) in [4.78, 5) is 0. The lowest BCUT2D eigenvalue weighted by atomic mass is 10.0. The Morgan fingerprint density at radius 3 is 2.39 bits per heavy atom. The average Bonchev–Trinajstić information content (AvgIpc) is 2.40. The van der Waals surface area contributed by atoms with Gasteiger partial charge in [0.2, 0.25) is 0 Å². The molecule has 2 rings (SSSR count). The molecule has 0 spiro atoms. The van der Waals surface area contributed by atoms with Crippen LogP contribution in [0, 0.1) is 0 Å². The molecular formula is C13H18O4S. The van der Waals surface area contributed by atoms with Gasteiger partial charge in [-0.15, -0.1) is 11.8 Å². The third kappa shape index (κ3) is 3.05. The molecule has 1 aliphatic rings. The van der Waals surface area contributed by atoms with Gasteiger partial charge in [0.1, 0.15) is 23.7 Å².